The van der Waals surface area contributed by atoms with Crippen molar-refractivity contribution in [3.63, 3.8) is 0 Å². The number of rotatable bonds is 6. The molecule has 1 aromatic carbocycles. The number of benzene rings is 1. The summed E-state index contributed by atoms with van der Waals surface area (Å²) < 4.78 is 9.95. The number of aromatic nitrogens is 4. The zero-order valence-electron chi connectivity index (χ0n) is 18.0. The van der Waals surface area contributed by atoms with Crippen molar-refractivity contribution in [2.24, 2.45) is 14.1 Å². The molecule has 166 valence electrons. The zero-order valence-corrected chi connectivity index (χ0v) is 18.0. The Bertz CT molecular complexity index is 1210. The molecule has 0 bridgehead atoms. The minimum atomic E-state index is -0.874. The van der Waals surface area contributed by atoms with E-state index in [1.54, 1.807) is 11.6 Å². The van der Waals surface area contributed by atoms with E-state index < -0.39 is 17.4 Å². The van der Waals surface area contributed by atoms with Crippen LogP contribution in [0.3, 0.4) is 0 Å². The van der Waals surface area contributed by atoms with Crippen LogP contribution in [0, 0.1) is 6.92 Å². The number of aryl methyl sites for hydroxylation is 2. The molecule has 0 saturated carbocycles. The molecule has 0 radical (unpaired) electrons. The van der Waals surface area contributed by atoms with Crippen LogP contribution >= 0.6 is 0 Å². The van der Waals surface area contributed by atoms with Crippen molar-refractivity contribution in [3.05, 3.63) is 50.7 Å². The normalized spacial score (nSPS) is 15.4. The molecule has 2 aromatic heterocycles. The smallest absolute Gasteiger partial charge is 0.332 e. The van der Waals surface area contributed by atoms with Crippen molar-refractivity contribution in [1.82, 2.24) is 24.0 Å². The number of anilines is 1. The largest absolute Gasteiger partial charge is 0.491 e. The van der Waals surface area contributed by atoms with Gasteiger partial charge in [-0.05, 0) is 18.6 Å². The molecule has 1 saturated heterocycles. The monoisotopic (exact) mass is 428 g/mol. The van der Waals surface area contributed by atoms with E-state index in [9.17, 15) is 14.7 Å². The van der Waals surface area contributed by atoms with Gasteiger partial charge in [0.05, 0.1) is 6.54 Å². The maximum absolute atomic E-state index is 13.0. The number of fused-ring (bicyclic) bond motifs is 1. The molecule has 4 rings (SSSR count). The van der Waals surface area contributed by atoms with Gasteiger partial charge < -0.3 is 24.6 Å². The number of hydrogen-bond donors (Lipinski definition) is 2. The lowest BCUT2D eigenvalue weighted by Crippen LogP contribution is -2.45. The third kappa shape index (κ3) is 3.96. The average molecular weight is 428 g/mol. The summed E-state index contributed by atoms with van der Waals surface area (Å²) in [5, 5.41) is 14.1. The Balaban J connectivity index is 1.71. The summed E-state index contributed by atoms with van der Waals surface area (Å²) in [6, 6.07) is 7.60. The van der Waals surface area contributed by atoms with Gasteiger partial charge in [-0.3, -0.25) is 13.9 Å². The standard InChI is InChI=1S/C21H28N6O4/c1-14-6-4-5-7-16(14)31-13-15(28)12-27-17-18(24(2)21(30)25(3)19(17)29)23-20(27)26-10-8-22-9-11-26/h4-7,15,22,28H,8-13H2,1-3H3. The number of aliphatic hydroxyl groups is 1. The molecule has 1 atom stereocenters. The van der Waals surface area contributed by atoms with E-state index >= 15 is 0 Å². The summed E-state index contributed by atoms with van der Waals surface area (Å²) in [7, 11) is 3.05. The summed E-state index contributed by atoms with van der Waals surface area (Å²) in [6.07, 6.45) is -0.874. The Labute approximate surface area is 179 Å². The molecule has 1 aliphatic heterocycles. The van der Waals surface area contributed by atoms with E-state index in [-0.39, 0.29) is 13.2 Å². The first-order valence-corrected chi connectivity index (χ1v) is 10.4. The van der Waals surface area contributed by atoms with Gasteiger partial charge in [0, 0.05) is 40.3 Å². The van der Waals surface area contributed by atoms with Gasteiger partial charge in [-0.1, -0.05) is 18.2 Å². The van der Waals surface area contributed by atoms with Crippen LogP contribution in [0.25, 0.3) is 11.2 Å². The van der Waals surface area contributed by atoms with E-state index in [1.165, 1.54) is 11.6 Å². The number of hydrogen-bond acceptors (Lipinski definition) is 7. The van der Waals surface area contributed by atoms with Crippen LogP contribution in [0.2, 0.25) is 0 Å². The Morgan fingerprint density at radius 2 is 1.87 bits per heavy atom. The van der Waals surface area contributed by atoms with Crippen molar-refractivity contribution in [1.29, 1.82) is 0 Å². The summed E-state index contributed by atoms with van der Waals surface area (Å²) in [4.78, 5) is 32.1. The van der Waals surface area contributed by atoms with Gasteiger partial charge in [-0.2, -0.15) is 4.98 Å². The third-order valence-electron chi connectivity index (χ3n) is 5.65. The van der Waals surface area contributed by atoms with Crippen LogP contribution in [0.15, 0.2) is 33.9 Å². The van der Waals surface area contributed by atoms with Crippen molar-refractivity contribution in [2.75, 3.05) is 37.7 Å². The lowest BCUT2D eigenvalue weighted by molar-refractivity contribution is 0.0932. The van der Waals surface area contributed by atoms with Crippen molar-refractivity contribution >= 4 is 17.1 Å². The van der Waals surface area contributed by atoms with Gasteiger partial charge >= 0.3 is 5.69 Å². The molecule has 10 heteroatoms. The van der Waals surface area contributed by atoms with Crippen molar-refractivity contribution < 1.29 is 9.84 Å². The van der Waals surface area contributed by atoms with Gasteiger partial charge in [0.2, 0.25) is 5.95 Å². The number of para-hydroxylation sites is 1. The molecule has 0 amide bonds. The van der Waals surface area contributed by atoms with Crippen LogP contribution in [0.5, 0.6) is 5.75 Å². The number of ether oxygens (including phenoxy) is 1. The maximum Gasteiger partial charge on any atom is 0.332 e. The summed E-state index contributed by atoms with van der Waals surface area (Å²) in [6.45, 7) is 5.14. The van der Waals surface area contributed by atoms with Gasteiger partial charge in [0.15, 0.2) is 11.2 Å². The molecule has 0 spiro atoms. The Morgan fingerprint density at radius 1 is 1.16 bits per heavy atom. The third-order valence-corrected chi connectivity index (χ3v) is 5.65. The first-order valence-electron chi connectivity index (χ1n) is 10.4. The summed E-state index contributed by atoms with van der Waals surface area (Å²) in [5.74, 6) is 1.28. The van der Waals surface area contributed by atoms with E-state index in [1.807, 2.05) is 31.2 Å². The molecule has 1 unspecified atom stereocenters. The Hall–Kier alpha value is -3.11. The van der Waals surface area contributed by atoms with Crippen LogP contribution in [-0.4, -0.2) is 62.7 Å². The van der Waals surface area contributed by atoms with Gasteiger partial charge in [0.1, 0.15) is 18.5 Å². The first kappa shape index (κ1) is 21.1. The molecular weight excluding hydrogens is 400 g/mol. The predicted molar refractivity (Wildman–Crippen MR) is 118 cm³/mol. The van der Waals surface area contributed by atoms with Gasteiger partial charge in [0.25, 0.3) is 5.56 Å². The van der Waals surface area contributed by atoms with Crippen LogP contribution in [0.4, 0.5) is 5.95 Å². The minimum absolute atomic E-state index is 0.0671. The van der Waals surface area contributed by atoms with Crippen LogP contribution < -0.4 is 26.2 Å². The lowest BCUT2D eigenvalue weighted by Gasteiger charge is -2.29. The zero-order chi connectivity index (χ0) is 22.1. The maximum atomic E-state index is 13.0. The second kappa shape index (κ2) is 8.56. The highest BCUT2D eigenvalue weighted by Crippen LogP contribution is 2.21. The molecule has 31 heavy (non-hydrogen) atoms. The number of nitrogens with one attached hydrogen (secondary N) is 1. The second-order valence-electron chi connectivity index (χ2n) is 7.87. The fourth-order valence-corrected chi connectivity index (χ4v) is 3.88. The molecule has 3 aromatic rings. The summed E-state index contributed by atoms with van der Waals surface area (Å²) in [5.41, 5.74) is 0.728. The topological polar surface area (TPSA) is 107 Å². The van der Waals surface area contributed by atoms with E-state index in [2.05, 4.69) is 15.2 Å². The first-order chi connectivity index (χ1) is 14.9. The van der Waals surface area contributed by atoms with E-state index in [0.717, 1.165) is 23.2 Å². The van der Waals surface area contributed by atoms with E-state index in [0.29, 0.717) is 36.0 Å². The molecule has 3 heterocycles. The highest BCUT2D eigenvalue weighted by Gasteiger charge is 2.25. The quantitative estimate of drug-likeness (QED) is 0.550. The second-order valence-corrected chi connectivity index (χ2v) is 7.87. The number of piperazine rings is 1. The minimum Gasteiger partial charge on any atom is -0.491 e. The highest BCUT2D eigenvalue weighted by atomic mass is 16.5. The number of nitrogens with zero attached hydrogens (tertiary/aromatic N) is 5. The molecule has 10 nitrogen and oxygen atoms in total. The van der Waals surface area contributed by atoms with Crippen LogP contribution in [-0.2, 0) is 20.6 Å². The fourth-order valence-electron chi connectivity index (χ4n) is 3.88. The molecule has 1 fully saturated rings. The van der Waals surface area contributed by atoms with Crippen molar-refractivity contribution in [3.8, 4) is 5.75 Å². The van der Waals surface area contributed by atoms with Gasteiger partial charge in [-0.25, -0.2) is 4.79 Å². The van der Waals surface area contributed by atoms with E-state index in [4.69, 9.17) is 4.74 Å². The fraction of sp³-hybridized carbons (Fsp3) is 0.476. The molecular formula is C21H28N6O4. The molecule has 2 N–H and O–H groups in total. The molecule has 1 aliphatic rings. The average Bonchev–Trinajstić information content (AvgIpc) is 3.15. The number of imidazole rings is 1. The SMILES string of the molecule is Cc1ccccc1OCC(O)Cn1c(N2CCNCC2)nc2c1c(=O)n(C)c(=O)n2C. The number of aliphatic hydroxyl groups excluding tert-OH is 1. The predicted octanol–water partition coefficient (Wildman–Crippen LogP) is -0.408. The summed E-state index contributed by atoms with van der Waals surface area (Å²) >= 11 is 0. The van der Waals surface area contributed by atoms with Crippen molar-refractivity contribution in [2.45, 2.75) is 19.6 Å². The highest BCUT2D eigenvalue weighted by molar-refractivity contribution is 5.74. The lowest BCUT2D eigenvalue weighted by atomic mass is 10.2. The molecule has 0 aliphatic carbocycles. The van der Waals surface area contributed by atoms with Gasteiger partial charge in [-0.15, -0.1) is 0 Å². The van der Waals surface area contributed by atoms with Crippen LogP contribution in [0.1, 0.15) is 5.56 Å². The Kier molecular flexibility index (Phi) is 5.84. The Morgan fingerprint density at radius 3 is 2.58 bits per heavy atom.